The van der Waals surface area contributed by atoms with Gasteiger partial charge in [0.05, 0.1) is 12.1 Å². The lowest BCUT2D eigenvalue weighted by Gasteiger charge is -2.37. The fourth-order valence-electron chi connectivity index (χ4n) is 4.95. The van der Waals surface area contributed by atoms with Crippen molar-refractivity contribution in [2.45, 2.75) is 44.2 Å². The van der Waals surface area contributed by atoms with Gasteiger partial charge >= 0.3 is 0 Å². The van der Waals surface area contributed by atoms with Crippen LogP contribution in [0.5, 0.6) is 0 Å². The van der Waals surface area contributed by atoms with Gasteiger partial charge in [0.2, 0.25) is 0 Å². The third-order valence-electron chi connectivity index (χ3n) is 6.58. The van der Waals surface area contributed by atoms with Gasteiger partial charge in [-0.15, -0.1) is 0 Å². The van der Waals surface area contributed by atoms with Crippen LogP contribution in [0.25, 0.3) is 0 Å². The summed E-state index contributed by atoms with van der Waals surface area (Å²) >= 11 is 0. The molecular formula is C25H28N2O2. The number of nitrogens with one attached hydrogen (secondary N) is 2. The van der Waals surface area contributed by atoms with Crippen LogP contribution in [-0.2, 0) is 4.74 Å². The summed E-state index contributed by atoms with van der Waals surface area (Å²) in [6.45, 7) is 3.52. The van der Waals surface area contributed by atoms with Crippen molar-refractivity contribution in [3.8, 4) is 0 Å². The van der Waals surface area contributed by atoms with Crippen LogP contribution in [0.3, 0.4) is 0 Å². The standard InChI is InChI=1S/C25H28N2O2/c1-16-7-9-17(10-8-16)24-21-6-2-5-20(21)22-14-18(11-12-23(22)27-24)25(28)26-15-19-4-3-13-29-19/h2,5,7-12,14,19-21,24,27H,3-4,6,13,15H2,1H3,(H,26,28). The number of fused-ring (bicyclic) bond motifs is 3. The van der Waals surface area contributed by atoms with Gasteiger partial charge in [-0.25, -0.2) is 0 Å². The Morgan fingerprint density at radius 3 is 2.86 bits per heavy atom. The van der Waals surface area contributed by atoms with Crippen molar-refractivity contribution in [2.75, 3.05) is 18.5 Å². The van der Waals surface area contributed by atoms with Gasteiger partial charge in [-0.05, 0) is 61.4 Å². The van der Waals surface area contributed by atoms with E-state index in [1.807, 2.05) is 6.07 Å². The second kappa shape index (κ2) is 7.68. The zero-order valence-electron chi connectivity index (χ0n) is 16.9. The largest absolute Gasteiger partial charge is 0.378 e. The highest BCUT2D eigenvalue weighted by molar-refractivity contribution is 5.95. The number of hydrogen-bond donors (Lipinski definition) is 2. The molecule has 4 atom stereocenters. The minimum absolute atomic E-state index is 0.0116. The van der Waals surface area contributed by atoms with Crippen LogP contribution < -0.4 is 10.6 Å². The highest BCUT2D eigenvalue weighted by atomic mass is 16.5. The molecule has 1 saturated heterocycles. The number of anilines is 1. The lowest BCUT2D eigenvalue weighted by molar-refractivity contribution is 0.0857. The van der Waals surface area contributed by atoms with Gasteiger partial charge in [0.1, 0.15) is 0 Å². The molecule has 2 aromatic carbocycles. The molecule has 2 heterocycles. The Balaban J connectivity index is 1.38. The first-order chi connectivity index (χ1) is 14.2. The van der Waals surface area contributed by atoms with E-state index in [-0.39, 0.29) is 12.0 Å². The summed E-state index contributed by atoms with van der Waals surface area (Å²) in [5.74, 6) is 0.821. The molecule has 0 saturated carbocycles. The number of allylic oxidation sites excluding steroid dienone is 2. The molecule has 0 bridgehead atoms. The third-order valence-corrected chi connectivity index (χ3v) is 6.58. The molecule has 1 amide bonds. The van der Waals surface area contributed by atoms with E-state index in [2.05, 4.69) is 66.1 Å². The second-order valence-corrected chi connectivity index (χ2v) is 8.53. The first kappa shape index (κ1) is 18.4. The first-order valence-corrected chi connectivity index (χ1v) is 10.7. The zero-order chi connectivity index (χ0) is 19.8. The van der Waals surface area contributed by atoms with E-state index in [1.54, 1.807) is 0 Å². The Hall–Kier alpha value is -2.59. The van der Waals surface area contributed by atoms with E-state index in [0.717, 1.165) is 37.1 Å². The van der Waals surface area contributed by atoms with Crippen LogP contribution in [0.2, 0.25) is 0 Å². The zero-order valence-corrected chi connectivity index (χ0v) is 16.9. The highest BCUT2D eigenvalue weighted by Gasteiger charge is 2.38. The molecule has 150 valence electrons. The van der Waals surface area contributed by atoms with E-state index >= 15 is 0 Å². The van der Waals surface area contributed by atoms with Gasteiger partial charge in [0.25, 0.3) is 5.91 Å². The molecule has 3 aliphatic rings. The van der Waals surface area contributed by atoms with Crippen LogP contribution in [0.4, 0.5) is 5.69 Å². The fourth-order valence-corrected chi connectivity index (χ4v) is 4.95. The van der Waals surface area contributed by atoms with Crippen molar-refractivity contribution < 1.29 is 9.53 Å². The van der Waals surface area contributed by atoms with Crippen molar-refractivity contribution in [1.82, 2.24) is 5.32 Å². The maximum atomic E-state index is 12.7. The molecule has 4 heteroatoms. The number of carbonyl (C=O) groups excluding carboxylic acids is 1. The lowest BCUT2D eigenvalue weighted by Crippen LogP contribution is -2.32. The maximum absolute atomic E-state index is 12.7. The number of amides is 1. The number of rotatable bonds is 4. The molecule has 4 nitrogen and oxygen atoms in total. The summed E-state index contributed by atoms with van der Waals surface area (Å²) < 4.78 is 5.61. The summed E-state index contributed by atoms with van der Waals surface area (Å²) in [5.41, 5.74) is 5.72. The van der Waals surface area contributed by atoms with Crippen molar-refractivity contribution in [1.29, 1.82) is 0 Å². The quantitative estimate of drug-likeness (QED) is 0.745. The van der Waals surface area contributed by atoms with Crippen LogP contribution in [-0.4, -0.2) is 25.2 Å². The van der Waals surface area contributed by atoms with Crippen LogP contribution >= 0.6 is 0 Å². The fraction of sp³-hybridized carbons (Fsp3) is 0.400. The molecule has 1 fully saturated rings. The number of hydrogen-bond acceptors (Lipinski definition) is 3. The molecule has 0 radical (unpaired) electrons. The van der Waals surface area contributed by atoms with Gasteiger partial charge in [0, 0.05) is 30.3 Å². The summed E-state index contributed by atoms with van der Waals surface area (Å²) in [7, 11) is 0. The average molecular weight is 389 g/mol. The van der Waals surface area contributed by atoms with Gasteiger partial charge in [-0.2, -0.15) is 0 Å². The highest BCUT2D eigenvalue weighted by Crippen LogP contribution is 2.49. The van der Waals surface area contributed by atoms with Crippen molar-refractivity contribution >= 4 is 11.6 Å². The van der Waals surface area contributed by atoms with Crippen LogP contribution in [0, 0.1) is 12.8 Å². The van der Waals surface area contributed by atoms with E-state index in [4.69, 9.17) is 4.74 Å². The Bertz CT molecular complexity index is 928. The van der Waals surface area contributed by atoms with Crippen molar-refractivity contribution in [3.05, 3.63) is 76.9 Å². The van der Waals surface area contributed by atoms with Gasteiger partial charge in [-0.3, -0.25) is 4.79 Å². The SMILES string of the molecule is Cc1ccc(C2Nc3ccc(C(=O)NCC4CCCO4)cc3C3C=CCC32)cc1. The summed E-state index contributed by atoms with van der Waals surface area (Å²) in [4.78, 5) is 12.7. The minimum atomic E-state index is -0.0116. The average Bonchev–Trinajstić information content (AvgIpc) is 3.44. The van der Waals surface area contributed by atoms with Gasteiger partial charge < -0.3 is 15.4 Å². The predicted octanol–water partition coefficient (Wildman–Crippen LogP) is 4.73. The van der Waals surface area contributed by atoms with E-state index in [1.165, 1.54) is 16.7 Å². The van der Waals surface area contributed by atoms with Crippen molar-refractivity contribution in [2.24, 2.45) is 5.92 Å². The molecule has 5 rings (SSSR count). The Kier molecular flexibility index (Phi) is 4.88. The summed E-state index contributed by atoms with van der Waals surface area (Å²) in [5, 5.41) is 6.80. The predicted molar refractivity (Wildman–Crippen MR) is 115 cm³/mol. The molecule has 4 unspecified atom stereocenters. The molecule has 2 aromatic rings. The van der Waals surface area contributed by atoms with E-state index < -0.39 is 0 Å². The molecular weight excluding hydrogens is 360 g/mol. The van der Waals surface area contributed by atoms with E-state index in [9.17, 15) is 4.79 Å². The molecule has 29 heavy (non-hydrogen) atoms. The van der Waals surface area contributed by atoms with Crippen LogP contribution in [0.1, 0.15) is 58.3 Å². The third kappa shape index (κ3) is 3.58. The number of aryl methyl sites for hydroxylation is 1. The van der Waals surface area contributed by atoms with Crippen LogP contribution in [0.15, 0.2) is 54.6 Å². The minimum Gasteiger partial charge on any atom is -0.378 e. The summed E-state index contributed by atoms with van der Waals surface area (Å²) in [6.07, 6.45) is 7.95. The Morgan fingerprint density at radius 1 is 1.21 bits per heavy atom. The lowest BCUT2D eigenvalue weighted by atomic mass is 9.76. The van der Waals surface area contributed by atoms with Gasteiger partial charge in [0.15, 0.2) is 0 Å². The smallest absolute Gasteiger partial charge is 0.251 e. The summed E-state index contributed by atoms with van der Waals surface area (Å²) in [6, 6.07) is 15.2. The molecule has 1 aliphatic carbocycles. The Morgan fingerprint density at radius 2 is 2.07 bits per heavy atom. The van der Waals surface area contributed by atoms with Crippen molar-refractivity contribution in [3.63, 3.8) is 0 Å². The monoisotopic (exact) mass is 388 g/mol. The molecule has 0 aromatic heterocycles. The molecule has 2 N–H and O–H groups in total. The normalized spacial score (nSPS) is 27.2. The van der Waals surface area contributed by atoms with Gasteiger partial charge in [-0.1, -0.05) is 42.0 Å². The Labute approximate surface area is 172 Å². The molecule has 0 spiro atoms. The number of benzene rings is 2. The first-order valence-electron chi connectivity index (χ1n) is 10.7. The number of carbonyl (C=O) groups is 1. The van der Waals surface area contributed by atoms with E-state index in [0.29, 0.717) is 24.4 Å². The number of ether oxygens (including phenoxy) is 1. The topological polar surface area (TPSA) is 50.4 Å². The molecule has 2 aliphatic heterocycles. The maximum Gasteiger partial charge on any atom is 0.251 e. The second-order valence-electron chi connectivity index (χ2n) is 8.53.